The van der Waals surface area contributed by atoms with Gasteiger partial charge in [-0.15, -0.1) is 0 Å². The standard InChI is InChI=1S/C8H4O2.C5H11.C3H7.2Y/c9-5-7-1-2-8(6-10)4-3-7;1-4-5(2)3;1-3-2;;/h1-4H;5H,1,4H2,2-3H3;3H,1-2H3;;/q-2;2*-1;;. The van der Waals surface area contributed by atoms with Crippen molar-refractivity contribution in [2.75, 3.05) is 0 Å². The number of carbonyl (C=O) groups excluding carboxylic acids is 2. The third-order valence-electron chi connectivity index (χ3n) is 1.70. The monoisotopic (exact) mass is 424 g/mol. The first-order valence-corrected chi connectivity index (χ1v) is 5.95. The van der Waals surface area contributed by atoms with Crippen molar-refractivity contribution in [2.24, 2.45) is 5.92 Å². The minimum atomic E-state index is 0. The Kier molecular flexibility index (Phi) is 31.8. The van der Waals surface area contributed by atoms with Gasteiger partial charge in [0.05, 0.1) is 12.6 Å². The summed E-state index contributed by atoms with van der Waals surface area (Å²) in [6.07, 6.45) is 6.45. The molecule has 1 aromatic carbocycles. The van der Waals surface area contributed by atoms with E-state index in [-0.39, 0.29) is 65.4 Å². The summed E-state index contributed by atoms with van der Waals surface area (Å²) >= 11 is 0. The molecule has 0 unspecified atom stereocenters. The SMILES string of the molecule is C[CH-]C.O=[C-]c1ccc([C-]=O)cc1.[CH2-]CC(C)C.[Y].[Y]. The predicted octanol–water partition coefficient (Wildman–Crippen LogP) is 3.69. The third-order valence-corrected chi connectivity index (χ3v) is 1.70. The smallest absolute Gasteiger partial charge is 0.0607 e. The van der Waals surface area contributed by atoms with E-state index >= 15 is 0 Å². The minimum absolute atomic E-state index is 0. The van der Waals surface area contributed by atoms with Crippen molar-refractivity contribution >= 4 is 12.6 Å². The fourth-order valence-corrected chi connectivity index (χ4v) is 0.606. The molecule has 0 atom stereocenters. The maximum absolute atomic E-state index is 9.98. The van der Waals surface area contributed by atoms with Gasteiger partial charge in [0.25, 0.3) is 0 Å². The van der Waals surface area contributed by atoms with Crippen LogP contribution < -0.4 is 0 Å². The summed E-state index contributed by atoms with van der Waals surface area (Å²) in [5.41, 5.74) is 0.887. The average Bonchev–Trinajstić information content (AvgIpc) is 2.40. The van der Waals surface area contributed by atoms with Crippen LogP contribution in [0.15, 0.2) is 24.3 Å². The second-order valence-electron chi connectivity index (χ2n) is 4.04. The first kappa shape index (κ1) is 28.9. The van der Waals surface area contributed by atoms with Gasteiger partial charge in [-0.05, 0) is 0 Å². The van der Waals surface area contributed by atoms with Gasteiger partial charge < -0.3 is 22.9 Å². The molecule has 0 saturated heterocycles. The van der Waals surface area contributed by atoms with Crippen LogP contribution in [0.25, 0.3) is 0 Å². The van der Waals surface area contributed by atoms with Crippen molar-refractivity contribution in [3.63, 3.8) is 0 Å². The Morgan fingerprint density at radius 3 is 1.30 bits per heavy atom. The van der Waals surface area contributed by atoms with Crippen LogP contribution in [0.5, 0.6) is 0 Å². The summed E-state index contributed by atoms with van der Waals surface area (Å²) in [6, 6.07) is 6.08. The first-order chi connectivity index (χ1) is 8.55. The van der Waals surface area contributed by atoms with Gasteiger partial charge in [-0.2, -0.15) is 31.4 Å². The van der Waals surface area contributed by atoms with Crippen molar-refractivity contribution in [3.05, 3.63) is 48.7 Å². The number of hydrogen-bond donors (Lipinski definition) is 0. The summed E-state index contributed by atoms with van der Waals surface area (Å²) in [6.45, 7) is 12.0. The van der Waals surface area contributed by atoms with Crippen LogP contribution in [-0.2, 0) is 75.0 Å². The first-order valence-electron chi connectivity index (χ1n) is 5.95. The molecule has 1 rings (SSSR count). The fraction of sp³-hybridized carbons (Fsp3) is 0.375. The topological polar surface area (TPSA) is 34.1 Å². The maximum atomic E-state index is 9.98. The van der Waals surface area contributed by atoms with E-state index in [1.165, 1.54) is 24.3 Å². The Morgan fingerprint density at radius 2 is 1.20 bits per heavy atom. The summed E-state index contributed by atoms with van der Waals surface area (Å²) in [4.78, 5) is 20.0. The van der Waals surface area contributed by atoms with E-state index in [1.54, 1.807) is 12.6 Å². The van der Waals surface area contributed by atoms with Crippen LogP contribution in [0.4, 0.5) is 0 Å². The Hall–Kier alpha value is 0.768. The Morgan fingerprint density at radius 1 is 1.00 bits per heavy atom. The van der Waals surface area contributed by atoms with Crippen molar-refractivity contribution in [3.8, 4) is 0 Å². The molecule has 2 radical (unpaired) electrons. The molecular weight excluding hydrogens is 402 g/mol. The summed E-state index contributed by atoms with van der Waals surface area (Å²) < 4.78 is 0. The Bertz CT molecular complexity index is 282. The van der Waals surface area contributed by atoms with Crippen LogP contribution in [0.3, 0.4) is 0 Å². The number of benzene rings is 1. The maximum Gasteiger partial charge on any atom is 0.0607 e. The Balaban J connectivity index is -0.000000111. The van der Waals surface area contributed by atoms with Gasteiger partial charge in [0, 0.05) is 65.4 Å². The van der Waals surface area contributed by atoms with E-state index < -0.39 is 0 Å². The van der Waals surface area contributed by atoms with Gasteiger partial charge in [0.15, 0.2) is 0 Å². The van der Waals surface area contributed by atoms with Crippen LogP contribution >= 0.6 is 0 Å². The Labute approximate surface area is 174 Å². The van der Waals surface area contributed by atoms with E-state index in [1.807, 2.05) is 20.3 Å². The summed E-state index contributed by atoms with van der Waals surface area (Å²) in [5.74, 6) is 0.773. The zero-order chi connectivity index (χ0) is 14.4. The molecule has 0 fully saturated rings. The molecule has 0 saturated carbocycles. The third kappa shape index (κ3) is 21.1. The van der Waals surface area contributed by atoms with Gasteiger partial charge in [-0.25, -0.2) is 24.3 Å². The molecule has 1 aromatic rings. The van der Waals surface area contributed by atoms with Crippen molar-refractivity contribution < 1.29 is 75.0 Å². The van der Waals surface area contributed by atoms with E-state index in [0.29, 0.717) is 11.1 Å². The molecule has 0 aliphatic rings. The molecule has 0 spiro atoms. The second-order valence-corrected chi connectivity index (χ2v) is 4.04. The molecule has 2 nitrogen and oxygen atoms in total. The minimum Gasteiger partial charge on any atom is -0.376 e. The van der Waals surface area contributed by atoms with E-state index in [9.17, 15) is 9.59 Å². The van der Waals surface area contributed by atoms with Crippen molar-refractivity contribution in [1.82, 2.24) is 0 Å². The molecule has 4 heteroatoms. The molecule has 0 heterocycles. The van der Waals surface area contributed by atoms with Gasteiger partial charge in [-0.1, -0.05) is 19.8 Å². The van der Waals surface area contributed by atoms with E-state index in [2.05, 4.69) is 20.8 Å². The fourth-order valence-electron chi connectivity index (χ4n) is 0.606. The molecule has 0 amide bonds. The molecule has 0 aliphatic carbocycles. The predicted molar refractivity (Wildman–Crippen MR) is 76.5 cm³/mol. The molecule has 0 N–H and O–H groups in total. The second kappa shape index (κ2) is 22.1. The van der Waals surface area contributed by atoms with Crippen LogP contribution in [-0.4, -0.2) is 12.6 Å². The van der Waals surface area contributed by atoms with Crippen LogP contribution in [0, 0.1) is 19.3 Å². The molecule has 0 aromatic heterocycles. The van der Waals surface area contributed by atoms with Crippen molar-refractivity contribution in [1.29, 1.82) is 0 Å². The van der Waals surface area contributed by atoms with Gasteiger partial charge in [-0.3, -0.25) is 0 Å². The molecule has 20 heavy (non-hydrogen) atoms. The van der Waals surface area contributed by atoms with E-state index in [4.69, 9.17) is 0 Å². The average molecular weight is 424 g/mol. The molecule has 0 bridgehead atoms. The van der Waals surface area contributed by atoms with Gasteiger partial charge in [0.1, 0.15) is 0 Å². The summed E-state index contributed by atoms with van der Waals surface area (Å²) in [5, 5.41) is 0. The number of rotatable bonds is 3. The molecule has 0 aliphatic heterocycles. The summed E-state index contributed by atoms with van der Waals surface area (Å²) in [7, 11) is 0. The quantitative estimate of drug-likeness (QED) is 0.694. The van der Waals surface area contributed by atoms with Gasteiger partial charge in [0.2, 0.25) is 0 Å². The zero-order valence-corrected chi connectivity index (χ0v) is 18.5. The number of hydrogen-bond acceptors (Lipinski definition) is 2. The van der Waals surface area contributed by atoms with Crippen molar-refractivity contribution in [2.45, 2.75) is 34.1 Å². The van der Waals surface area contributed by atoms with E-state index in [0.717, 1.165) is 12.3 Å². The van der Waals surface area contributed by atoms with Crippen LogP contribution in [0.2, 0.25) is 0 Å². The van der Waals surface area contributed by atoms with Gasteiger partial charge >= 0.3 is 0 Å². The zero-order valence-electron chi connectivity index (χ0n) is 12.8. The largest absolute Gasteiger partial charge is 0.376 e. The molecular formula is C16H22O2Y2-4. The van der Waals surface area contributed by atoms with Crippen LogP contribution in [0.1, 0.15) is 45.2 Å². The normalized spacial score (nSPS) is 7.70. The molecule has 108 valence electrons.